The topological polar surface area (TPSA) is 95.0 Å². The third-order valence-electron chi connectivity index (χ3n) is 8.10. The highest BCUT2D eigenvalue weighted by Gasteiger charge is 2.53. The van der Waals surface area contributed by atoms with Gasteiger partial charge in [-0.2, -0.15) is 0 Å². The molecule has 212 valence electrons. The first-order valence-corrected chi connectivity index (χ1v) is 15.7. The van der Waals surface area contributed by atoms with Gasteiger partial charge in [-0.3, -0.25) is 9.59 Å². The van der Waals surface area contributed by atoms with Gasteiger partial charge in [0, 0.05) is 35.1 Å². The Balaban J connectivity index is 1.91. The second kappa shape index (κ2) is 11.8. The number of carbonyl (C=O) groups excluding carboxylic acids is 1. The molecule has 1 amide bonds. The highest BCUT2D eigenvalue weighted by Crippen LogP contribution is 2.52. The van der Waals surface area contributed by atoms with E-state index in [0.29, 0.717) is 23.1 Å². The van der Waals surface area contributed by atoms with Gasteiger partial charge in [0.1, 0.15) is 0 Å². The van der Waals surface area contributed by atoms with Gasteiger partial charge in [-0.15, -0.1) is 0 Å². The van der Waals surface area contributed by atoms with Crippen LogP contribution in [0.4, 0.5) is 0 Å². The lowest BCUT2D eigenvalue weighted by molar-refractivity contribution is -0.161. The SMILES string of the molecule is CC(C)[C@@H](CS(=O)(=O)N1CCCC1)N1C(=O)[C@@](C)(CC(=O)O)C[C@H](c2cccc(Cl)c2)[C@H]1c1ccc(Cl)cc1. The van der Waals surface area contributed by atoms with E-state index in [1.807, 2.05) is 44.2 Å². The minimum absolute atomic E-state index is 0.215. The number of aliphatic carboxylic acids is 1. The van der Waals surface area contributed by atoms with Crippen LogP contribution in [0.25, 0.3) is 0 Å². The van der Waals surface area contributed by atoms with E-state index < -0.39 is 33.5 Å². The monoisotopic (exact) mass is 594 g/mol. The number of likely N-dealkylation sites (tertiary alicyclic amines) is 1. The fourth-order valence-electron chi connectivity index (χ4n) is 6.13. The third kappa shape index (κ3) is 6.45. The Morgan fingerprint density at radius 3 is 2.26 bits per heavy atom. The van der Waals surface area contributed by atoms with E-state index in [1.165, 1.54) is 4.31 Å². The second-order valence-corrected chi connectivity index (χ2v) is 14.3. The molecule has 10 heteroatoms. The maximum absolute atomic E-state index is 14.4. The maximum atomic E-state index is 14.4. The van der Waals surface area contributed by atoms with Crippen LogP contribution in [0, 0.1) is 11.3 Å². The van der Waals surface area contributed by atoms with E-state index >= 15 is 0 Å². The van der Waals surface area contributed by atoms with Crippen molar-refractivity contribution in [3.8, 4) is 0 Å². The first-order chi connectivity index (χ1) is 18.3. The molecular formula is C29H36Cl2N2O5S. The Morgan fingerprint density at radius 2 is 1.69 bits per heavy atom. The lowest BCUT2D eigenvalue weighted by atomic mass is 9.66. The molecule has 0 unspecified atom stereocenters. The van der Waals surface area contributed by atoms with Crippen LogP contribution in [-0.2, 0) is 19.6 Å². The summed E-state index contributed by atoms with van der Waals surface area (Å²) in [5.41, 5.74) is 0.424. The number of piperidine rings is 1. The number of hydrogen-bond acceptors (Lipinski definition) is 4. The third-order valence-corrected chi connectivity index (χ3v) is 10.5. The number of rotatable bonds is 9. The summed E-state index contributed by atoms with van der Waals surface area (Å²) in [5, 5.41) is 10.9. The molecule has 2 aliphatic rings. The molecule has 1 N–H and O–H groups in total. The van der Waals surface area contributed by atoms with Crippen LogP contribution in [0.5, 0.6) is 0 Å². The summed E-state index contributed by atoms with van der Waals surface area (Å²) < 4.78 is 28.7. The highest BCUT2D eigenvalue weighted by atomic mass is 35.5. The summed E-state index contributed by atoms with van der Waals surface area (Å²) >= 11 is 12.6. The van der Waals surface area contributed by atoms with Gasteiger partial charge in [0.15, 0.2) is 0 Å². The predicted octanol–water partition coefficient (Wildman–Crippen LogP) is 5.98. The van der Waals surface area contributed by atoms with Crippen molar-refractivity contribution in [2.45, 2.75) is 64.5 Å². The Hall–Kier alpha value is -2.13. The smallest absolute Gasteiger partial charge is 0.304 e. The average Bonchev–Trinajstić information content (AvgIpc) is 3.41. The lowest BCUT2D eigenvalue weighted by Crippen LogP contribution is -2.59. The van der Waals surface area contributed by atoms with Crippen LogP contribution in [0.15, 0.2) is 48.5 Å². The standard InChI is InChI=1S/C29H36Cl2N2O5S/c1-19(2)25(18-39(37,38)32-13-4-5-14-32)33-27(20-9-11-22(30)12-10-20)24(21-7-6-8-23(31)15-21)16-29(3,28(33)36)17-26(34)35/h6-12,15,19,24-25,27H,4-5,13-14,16-18H2,1-3H3,(H,34,35)/t24-,25-,27-,29-/m1/s1. The molecule has 2 aromatic carbocycles. The summed E-state index contributed by atoms with van der Waals surface area (Å²) in [5.74, 6) is -2.20. The van der Waals surface area contributed by atoms with Crippen molar-refractivity contribution >= 4 is 45.1 Å². The largest absolute Gasteiger partial charge is 0.481 e. The Bertz CT molecular complexity index is 1310. The zero-order valence-corrected chi connectivity index (χ0v) is 24.8. The lowest BCUT2D eigenvalue weighted by Gasteiger charge is -2.52. The molecule has 4 atom stereocenters. The molecule has 2 aromatic rings. The molecule has 2 saturated heterocycles. The van der Waals surface area contributed by atoms with Gasteiger partial charge in [0.25, 0.3) is 0 Å². The first-order valence-electron chi connectivity index (χ1n) is 13.4. The van der Waals surface area contributed by atoms with Crippen molar-refractivity contribution in [2.24, 2.45) is 11.3 Å². The molecule has 39 heavy (non-hydrogen) atoms. The number of carboxylic acids is 1. The van der Waals surface area contributed by atoms with Crippen LogP contribution >= 0.6 is 23.2 Å². The molecule has 2 heterocycles. The van der Waals surface area contributed by atoms with E-state index in [1.54, 1.807) is 30.0 Å². The van der Waals surface area contributed by atoms with Crippen LogP contribution in [0.1, 0.15) is 69.5 Å². The maximum Gasteiger partial charge on any atom is 0.304 e. The molecule has 0 radical (unpaired) electrons. The predicted molar refractivity (Wildman–Crippen MR) is 153 cm³/mol. The molecule has 2 aliphatic heterocycles. The van der Waals surface area contributed by atoms with Crippen LogP contribution in [-0.4, -0.2) is 59.5 Å². The van der Waals surface area contributed by atoms with Gasteiger partial charge >= 0.3 is 5.97 Å². The molecule has 0 aromatic heterocycles. The minimum Gasteiger partial charge on any atom is -0.481 e. The van der Waals surface area contributed by atoms with Gasteiger partial charge in [-0.25, -0.2) is 12.7 Å². The normalized spacial score (nSPS) is 25.3. The summed E-state index contributed by atoms with van der Waals surface area (Å²) in [6, 6.07) is 13.4. The van der Waals surface area contributed by atoms with Gasteiger partial charge < -0.3 is 10.0 Å². The van der Waals surface area contributed by atoms with E-state index in [4.69, 9.17) is 23.2 Å². The molecule has 4 rings (SSSR count). The first kappa shape index (κ1) is 29.8. The highest BCUT2D eigenvalue weighted by molar-refractivity contribution is 7.89. The zero-order valence-electron chi connectivity index (χ0n) is 22.5. The van der Waals surface area contributed by atoms with Gasteiger partial charge in [-0.05, 0) is 60.6 Å². The number of benzene rings is 2. The number of amides is 1. The van der Waals surface area contributed by atoms with E-state index in [2.05, 4.69) is 0 Å². The quantitative estimate of drug-likeness (QED) is 0.385. The van der Waals surface area contributed by atoms with Crippen molar-refractivity contribution in [2.75, 3.05) is 18.8 Å². The van der Waals surface area contributed by atoms with E-state index in [0.717, 1.165) is 24.0 Å². The van der Waals surface area contributed by atoms with E-state index in [9.17, 15) is 23.1 Å². The molecule has 0 spiro atoms. The molecule has 7 nitrogen and oxygen atoms in total. The van der Waals surface area contributed by atoms with Crippen LogP contribution in [0.2, 0.25) is 10.0 Å². The number of nitrogens with zero attached hydrogens (tertiary/aromatic N) is 2. The Morgan fingerprint density at radius 1 is 1.05 bits per heavy atom. The summed E-state index contributed by atoms with van der Waals surface area (Å²) in [6.45, 7) is 6.45. The van der Waals surface area contributed by atoms with Crippen LogP contribution in [0.3, 0.4) is 0 Å². The van der Waals surface area contributed by atoms with Crippen molar-refractivity contribution in [1.29, 1.82) is 0 Å². The Kier molecular flexibility index (Phi) is 9.01. The fraction of sp³-hybridized carbons (Fsp3) is 0.517. The minimum atomic E-state index is -3.66. The van der Waals surface area contributed by atoms with E-state index in [-0.39, 0.29) is 36.3 Å². The number of carbonyl (C=O) groups is 2. The molecular weight excluding hydrogens is 559 g/mol. The molecule has 2 fully saturated rings. The number of hydrogen-bond donors (Lipinski definition) is 1. The number of sulfonamides is 1. The van der Waals surface area contributed by atoms with Crippen molar-refractivity contribution in [3.63, 3.8) is 0 Å². The average molecular weight is 596 g/mol. The summed E-state index contributed by atoms with van der Waals surface area (Å²) in [7, 11) is -3.66. The van der Waals surface area contributed by atoms with Gasteiger partial charge in [0.2, 0.25) is 15.9 Å². The van der Waals surface area contributed by atoms with Crippen LogP contribution < -0.4 is 0 Å². The Labute approximate surface area is 241 Å². The summed E-state index contributed by atoms with van der Waals surface area (Å²) in [4.78, 5) is 28.1. The molecule has 0 saturated carbocycles. The second-order valence-electron chi connectivity index (χ2n) is 11.4. The number of carboxylic acid groups (broad SMARTS) is 1. The molecule has 0 bridgehead atoms. The van der Waals surface area contributed by atoms with Gasteiger partial charge in [0.05, 0.1) is 23.6 Å². The molecule has 0 aliphatic carbocycles. The summed E-state index contributed by atoms with van der Waals surface area (Å²) in [6.07, 6.45) is 1.53. The van der Waals surface area contributed by atoms with Gasteiger partial charge in [-0.1, -0.05) is 68.2 Å². The van der Waals surface area contributed by atoms with Crippen molar-refractivity contribution in [1.82, 2.24) is 9.21 Å². The van der Waals surface area contributed by atoms with Crippen molar-refractivity contribution < 1.29 is 23.1 Å². The number of halogens is 2. The van der Waals surface area contributed by atoms with Crippen molar-refractivity contribution in [3.05, 3.63) is 69.7 Å². The fourth-order valence-corrected chi connectivity index (χ4v) is 8.45. The zero-order chi connectivity index (χ0) is 28.5.